The molecule has 0 spiro atoms. The molecule has 0 fully saturated rings. The summed E-state index contributed by atoms with van der Waals surface area (Å²) in [6.07, 6.45) is 8.82. The summed E-state index contributed by atoms with van der Waals surface area (Å²) >= 11 is 0. The molecule has 0 amide bonds. The van der Waals surface area contributed by atoms with E-state index in [0.717, 1.165) is 32.1 Å². The minimum absolute atomic E-state index is 0.0358. The maximum Gasteiger partial charge on any atom is 0.308 e. The van der Waals surface area contributed by atoms with E-state index in [1.165, 1.54) is 19.3 Å². The van der Waals surface area contributed by atoms with Gasteiger partial charge in [0.2, 0.25) is 0 Å². The molecule has 0 saturated heterocycles. The highest BCUT2D eigenvalue weighted by Gasteiger charge is 2.19. The van der Waals surface area contributed by atoms with Crippen LogP contribution in [-0.2, 0) is 9.53 Å². The molecule has 0 aromatic heterocycles. The minimum atomic E-state index is 0.0358. The second kappa shape index (κ2) is 11.6. The molecule has 0 radical (unpaired) electrons. The van der Waals surface area contributed by atoms with Crippen LogP contribution in [0.15, 0.2) is 0 Å². The third-order valence-corrected chi connectivity index (χ3v) is 3.61. The molecule has 0 saturated carbocycles. The van der Waals surface area contributed by atoms with Crippen LogP contribution in [0.2, 0.25) is 0 Å². The van der Waals surface area contributed by atoms with Crippen molar-refractivity contribution < 1.29 is 9.53 Å². The monoisotopic (exact) mass is 256 g/mol. The molecule has 0 rings (SSSR count). The summed E-state index contributed by atoms with van der Waals surface area (Å²) in [5.41, 5.74) is 0. The lowest BCUT2D eigenvalue weighted by atomic mass is 9.98. The molecular formula is C16H32O2. The molecule has 2 heteroatoms. The fourth-order valence-corrected chi connectivity index (χ4v) is 2.29. The molecule has 0 aliphatic heterocycles. The minimum Gasteiger partial charge on any atom is -0.465 e. The van der Waals surface area contributed by atoms with Crippen LogP contribution in [0.5, 0.6) is 0 Å². The zero-order valence-corrected chi connectivity index (χ0v) is 12.8. The van der Waals surface area contributed by atoms with Crippen molar-refractivity contribution in [1.29, 1.82) is 0 Å². The number of ether oxygens (including phenoxy) is 1. The summed E-state index contributed by atoms with van der Waals surface area (Å²) < 4.78 is 5.52. The Kier molecular flexibility index (Phi) is 11.2. The summed E-state index contributed by atoms with van der Waals surface area (Å²) in [4.78, 5) is 12.0. The molecule has 0 N–H and O–H groups in total. The van der Waals surface area contributed by atoms with Crippen molar-refractivity contribution in [2.24, 2.45) is 11.8 Å². The van der Waals surface area contributed by atoms with Gasteiger partial charge >= 0.3 is 5.97 Å². The van der Waals surface area contributed by atoms with E-state index in [1.54, 1.807) is 0 Å². The average Bonchev–Trinajstić information content (AvgIpc) is 2.38. The molecule has 0 aromatic rings. The number of esters is 1. The standard InChI is InChI=1S/C16H32O2/c1-5-9-12-14(8-4)13-18-16(17)15(10-6-2)11-7-3/h14-15H,5-13H2,1-4H3. The van der Waals surface area contributed by atoms with Crippen molar-refractivity contribution in [3.8, 4) is 0 Å². The number of rotatable bonds is 11. The van der Waals surface area contributed by atoms with Crippen LogP contribution in [0.1, 0.15) is 79.1 Å². The predicted octanol–water partition coefficient (Wildman–Crippen LogP) is 4.96. The molecule has 108 valence electrons. The Hall–Kier alpha value is -0.530. The molecule has 0 heterocycles. The third kappa shape index (κ3) is 7.73. The van der Waals surface area contributed by atoms with Crippen molar-refractivity contribution >= 4 is 5.97 Å². The molecule has 0 aromatic carbocycles. The smallest absolute Gasteiger partial charge is 0.308 e. The molecule has 1 atom stereocenters. The van der Waals surface area contributed by atoms with E-state index in [9.17, 15) is 4.79 Å². The van der Waals surface area contributed by atoms with E-state index in [1.807, 2.05) is 0 Å². The van der Waals surface area contributed by atoms with Gasteiger partial charge in [0.15, 0.2) is 0 Å². The molecule has 0 aliphatic rings. The molecule has 1 unspecified atom stereocenters. The van der Waals surface area contributed by atoms with Gasteiger partial charge in [0.05, 0.1) is 12.5 Å². The van der Waals surface area contributed by atoms with Gasteiger partial charge in [-0.15, -0.1) is 0 Å². The summed E-state index contributed by atoms with van der Waals surface area (Å²) in [7, 11) is 0. The average molecular weight is 256 g/mol. The summed E-state index contributed by atoms with van der Waals surface area (Å²) in [5.74, 6) is 0.718. The highest BCUT2D eigenvalue weighted by Crippen LogP contribution is 2.18. The van der Waals surface area contributed by atoms with Crippen LogP contribution in [0.4, 0.5) is 0 Å². The maximum absolute atomic E-state index is 12.0. The second-order valence-electron chi connectivity index (χ2n) is 5.32. The number of hydrogen-bond acceptors (Lipinski definition) is 2. The van der Waals surface area contributed by atoms with Crippen molar-refractivity contribution in [3.63, 3.8) is 0 Å². The largest absolute Gasteiger partial charge is 0.465 e. The quantitative estimate of drug-likeness (QED) is 0.488. The highest BCUT2D eigenvalue weighted by molar-refractivity contribution is 5.72. The molecule has 2 nitrogen and oxygen atoms in total. The first kappa shape index (κ1) is 17.5. The van der Waals surface area contributed by atoms with Crippen LogP contribution in [0.3, 0.4) is 0 Å². The first-order valence-electron chi connectivity index (χ1n) is 7.86. The number of hydrogen-bond donors (Lipinski definition) is 0. The highest BCUT2D eigenvalue weighted by atomic mass is 16.5. The van der Waals surface area contributed by atoms with Gasteiger partial charge in [0.25, 0.3) is 0 Å². The van der Waals surface area contributed by atoms with Crippen molar-refractivity contribution in [2.45, 2.75) is 79.1 Å². The number of carbonyl (C=O) groups excluding carboxylic acids is 1. The van der Waals surface area contributed by atoms with Crippen LogP contribution in [0.25, 0.3) is 0 Å². The topological polar surface area (TPSA) is 26.3 Å². The van der Waals surface area contributed by atoms with E-state index in [-0.39, 0.29) is 11.9 Å². The van der Waals surface area contributed by atoms with E-state index in [4.69, 9.17) is 4.74 Å². The lowest BCUT2D eigenvalue weighted by molar-refractivity contribution is -0.150. The van der Waals surface area contributed by atoms with E-state index >= 15 is 0 Å². The Labute approximate surface area is 113 Å². The Morgan fingerprint density at radius 3 is 2.00 bits per heavy atom. The normalized spacial score (nSPS) is 12.7. The van der Waals surface area contributed by atoms with E-state index in [0.29, 0.717) is 12.5 Å². The van der Waals surface area contributed by atoms with Gasteiger partial charge in [0.1, 0.15) is 0 Å². The second-order valence-corrected chi connectivity index (χ2v) is 5.32. The Balaban J connectivity index is 4.02. The summed E-state index contributed by atoms with van der Waals surface area (Å²) in [6, 6.07) is 0. The van der Waals surface area contributed by atoms with Crippen LogP contribution in [0, 0.1) is 11.8 Å². The fourth-order valence-electron chi connectivity index (χ4n) is 2.29. The lowest BCUT2D eigenvalue weighted by Gasteiger charge is -2.18. The van der Waals surface area contributed by atoms with Gasteiger partial charge in [-0.25, -0.2) is 0 Å². The SMILES string of the molecule is CCCCC(CC)COC(=O)C(CCC)CCC. The Morgan fingerprint density at radius 2 is 1.56 bits per heavy atom. The zero-order chi connectivity index (χ0) is 13.8. The molecule has 18 heavy (non-hydrogen) atoms. The molecule has 0 aliphatic carbocycles. The van der Waals surface area contributed by atoms with Crippen LogP contribution in [-0.4, -0.2) is 12.6 Å². The van der Waals surface area contributed by atoms with Gasteiger partial charge in [-0.1, -0.05) is 59.8 Å². The van der Waals surface area contributed by atoms with Gasteiger partial charge in [-0.05, 0) is 25.2 Å². The Morgan fingerprint density at radius 1 is 0.944 bits per heavy atom. The van der Waals surface area contributed by atoms with Crippen molar-refractivity contribution in [2.75, 3.05) is 6.61 Å². The van der Waals surface area contributed by atoms with Crippen LogP contribution >= 0.6 is 0 Å². The van der Waals surface area contributed by atoms with Crippen LogP contribution < -0.4 is 0 Å². The predicted molar refractivity (Wildman–Crippen MR) is 77.6 cm³/mol. The summed E-state index contributed by atoms with van der Waals surface area (Å²) in [6.45, 7) is 9.28. The van der Waals surface area contributed by atoms with Gasteiger partial charge < -0.3 is 4.74 Å². The molecular weight excluding hydrogens is 224 g/mol. The van der Waals surface area contributed by atoms with Crippen molar-refractivity contribution in [1.82, 2.24) is 0 Å². The van der Waals surface area contributed by atoms with E-state index < -0.39 is 0 Å². The number of carbonyl (C=O) groups is 1. The fraction of sp³-hybridized carbons (Fsp3) is 0.938. The third-order valence-electron chi connectivity index (χ3n) is 3.61. The number of unbranched alkanes of at least 4 members (excludes halogenated alkanes) is 1. The lowest BCUT2D eigenvalue weighted by Crippen LogP contribution is -2.21. The van der Waals surface area contributed by atoms with Gasteiger partial charge in [-0.2, -0.15) is 0 Å². The Bertz CT molecular complexity index is 195. The first-order chi connectivity index (χ1) is 8.69. The van der Waals surface area contributed by atoms with E-state index in [2.05, 4.69) is 27.7 Å². The van der Waals surface area contributed by atoms with Crippen molar-refractivity contribution in [3.05, 3.63) is 0 Å². The van der Waals surface area contributed by atoms with Gasteiger partial charge in [0, 0.05) is 0 Å². The first-order valence-corrected chi connectivity index (χ1v) is 7.86. The van der Waals surface area contributed by atoms with Gasteiger partial charge in [-0.3, -0.25) is 4.79 Å². The maximum atomic E-state index is 12.0. The summed E-state index contributed by atoms with van der Waals surface area (Å²) in [5, 5.41) is 0. The zero-order valence-electron chi connectivity index (χ0n) is 12.8. The molecule has 0 bridgehead atoms.